The quantitative estimate of drug-likeness (QED) is 0.874. The smallest absolute Gasteiger partial charge is 0.253 e. The molecule has 108 valence electrons. The van der Waals surface area contributed by atoms with Crippen LogP contribution in [-0.4, -0.2) is 41.0 Å². The van der Waals surface area contributed by atoms with Gasteiger partial charge in [0.1, 0.15) is 0 Å². The van der Waals surface area contributed by atoms with Crippen LogP contribution in [0.4, 0.5) is 5.69 Å². The van der Waals surface area contributed by atoms with E-state index in [2.05, 4.69) is 15.2 Å². The number of amides is 1. The van der Waals surface area contributed by atoms with Crippen molar-refractivity contribution in [1.29, 1.82) is 0 Å². The van der Waals surface area contributed by atoms with E-state index in [1.807, 2.05) is 0 Å². The highest BCUT2D eigenvalue weighted by molar-refractivity contribution is 5.94. The molecule has 1 aliphatic carbocycles. The van der Waals surface area contributed by atoms with E-state index in [0.717, 1.165) is 25.6 Å². The average molecular weight is 274 g/mol. The van der Waals surface area contributed by atoms with Gasteiger partial charge >= 0.3 is 0 Å². The fourth-order valence-electron chi connectivity index (χ4n) is 3.36. The Morgan fingerprint density at radius 2 is 2.10 bits per heavy atom. The summed E-state index contributed by atoms with van der Waals surface area (Å²) in [4.78, 5) is 18.7. The topological polar surface area (TPSA) is 71.2 Å². The van der Waals surface area contributed by atoms with Crippen LogP contribution in [0, 0.1) is 0 Å². The van der Waals surface area contributed by atoms with Crippen molar-refractivity contribution in [3.63, 3.8) is 0 Å². The number of anilines is 1. The molecule has 20 heavy (non-hydrogen) atoms. The minimum Gasteiger partial charge on any atom is -0.397 e. The van der Waals surface area contributed by atoms with Crippen molar-refractivity contribution in [2.75, 3.05) is 18.8 Å². The van der Waals surface area contributed by atoms with Crippen LogP contribution in [0.2, 0.25) is 0 Å². The molecular formula is C15H22N4O. The molecule has 2 aliphatic rings. The van der Waals surface area contributed by atoms with Gasteiger partial charge < -0.3 is 11.1 Å². The third-order valence-corrected chi connectivity index (χ3v) is 4.42. The minimum absolute atomic E-state index is 0.0666. The molecule has 1 atom stereocenters. The van der Waals surface area contributed by atoms with E-state index >= 15 is 0 Å². The molecule has 1 aromatic heterocycles. The Labute approximate surface area is 119 Å². The van der Waals surface area contributed by atoms with Gasteiger partial charge in [-0.15, -0.1) is 0 Å². The number of pyridine rings is 1. The predicted molar refractivity (Wildman–Crippen MR) is 78.3 cm³/mol. The number of rotatable bonds is 3. The van der Waals surface area contributed by atoms with E-state index in [-0.39, 0.29) is 11.9 Å². The van der Waals surface area contributed by atoms with Crippen molar-refractivity contribution >= 4 is 11.6 Å². The lowest BCUT2D eigenvalue weighted by Gasteiger charge is -2.23. The number of carbonyl (C=O) groups is 1. The van der Waals surface area contributed by atoms with E-state index in [1.165, 1.54) is 25.7 Å². The van der Waals surface area contributed by atoms with Gasteiger partial charge in [-0.1, -0.05) is 12.8 Å². The number of nitrogens with zero attached hydrogens (tertiary/aromatic N) is 2. The zero-order chi connectivity index (χ0) is 13.9. The van der Waals surface area contributed by atoms with Crippen LogP contribution in [-0.2, 0) is 0 Å². The van der Waals surface area contributed by atoms with E-state index in [9.17, 15) is 4.79 Å². The molecule has 0 spiro atoms. The lowest BCUT2D eigenvalue weighted by atomic mass is 10.2. The van der Waals surface area contributed by atoms with Gasteiger partial charge in [0, 0.05) is 37.6 Å². The second kappa shape index (κ2) is 5.79. The molecular weight excluding hydrogens is 252 g/mol. The molecule has 5 heteroatoms. The third kappa shape index (κ3) is 2.93. The van der Waals surface area contributed by atoms with E-state index in [0.29, 0.717) is 11.3 Å². The number of nitrogens with two attached hydrogens (primary N) is 1. The van der Waals surface area contributed by atoms with Gasteiger partial charge in [0.15, 0.2) is 0 Å². The van der Waals surface area contributed by atoms with Crippen LogP contribution >= 0.6 is 0 Å². The molecule has 1 saturated carbocycles. The first-order chi connectivity index (χ1) is 9.72. The van der Waals surface area contributed by atoms with Crippen molar-refractivity contribution in [1.82, 2.24) is 15.2 Å². The molecule has 1 amide bonds. The summed E-state index contributed by atoms with van der Waals surface area (Å²) < 4.78 is 0. The summed E-state index contributed by atoms with van der Waals surface area (Å²) >= 11 is 0. The molecule has 0 aromatic carbocycles. The van der Waals surface area contributed by atoms with Crippen molar-refractivity contribution in [3.05, 3.63) is 24.0 Å². The van der Waals surface area contributed by atoms with Crippen molar-refractivity contribution in [3.8, 4) is 0 Å². The molecule has 2 heterocycles. The Morgan fingerprint density at radius 3 is 2.85 bits per heavy atom. The number of nitrogen functional groups attached to an aromatic ring is 1. The molecule has 0 radical (unpaired) electrons. The van der Waals surface area contributed by atoms with Crippen LogP contribution in [0.3, 0.4) is 0 Å². The fraction of sp³-hybridized carbons (Fsp3) is 0.600. The Morgan fingerprint density at radius 1 is 1.30 bits per heavy atom. The highest BCUT2D eigenvalue weighted by Crippen LogP contribution is 2.26. The first kappa shape index (κ1) is 13.4. The molecule has 0 bridgehead atoms. The van der Waals surface area contributed by atoms with E-state index < -0.39 is 0 Å². The molecule has 1 unspecified atom stereocenters. The summed E-state index contributed by atoms with van der Waals surface area (Å²) in [6.07, 6.45) is 9.50. The monoisotopic (exact) mass is 274 g/mol. The minimum atomic E-state index is -0.0666. The summed E-state index contributed by atoms with van der Waals surface area (Å²) in [6, 6.07) is 2.67. The maximum Gasteiger partial charge on any atom is 0.253 e. The summed E-state index contributed by atoms with van der Waals surface area (Å²) in [5.74, 6) is -0.0666. The standard InChI is InChI=1S/C15H22N4O/c16-12-7-11(8-17-9-12)15(20)18-13-5-6-19(10-13)14-3-1-2-4-14/h7-9,13-14H,1-6,10,16H2,(H,18,20). The molecule has 1 saturated heterocycles. The second-order valence-electron chi connectivity index (χ2n) is 5.90. The van der Waals surface area contributed by atoms with Crippen LogP contribution in [0.25, 0.3) is 0 Å². The fourth-order valence-corrected chi connectivity index (χ4v) is 3.36. The lowest BCUT2D eigenvalue weighted by molar-refractivity contribution is 0.0936. The van der Waals surface area contributed by atoms with Gasteiger partial charge in [0.05, 0.1) is 11.3 Å². The summed E-state index contributed by atoms with van der Waals surface area (Å²) in [5.41, 5.74) is 6.73. The summed E-state index contributed by atoms with van der Waals surface area (Å²) in [6.45, 7) is 2.08. The van der Waals surface area contributed by atoms with Crippen LogP contribution in [0.5, 0.6) is 0 Å². The van der Waals surface area contributed by atoms with Gasteiger partial charge in [-0.05, 0) is 25.3 Å². The van der Waals surface area contributed by atoms with Gasteiger partial charge in [-0.3, -0.25) is 14.7 Å². The van der Waals surface area contributed by atoms with Crippen molar-refractivity contribution in [2.45, 2.75) is 44.2 Å². The highest BCUT2D eigenvalue weighted by Gasteiger charge is 2.30. The zero-order valence-corrected chi connectivity index (χ0v) is 11.7. The van der Waals surface area contributed by atoms with Gasteiger partial charge in [0.2, 0.25) is 0 Å². The Hall–Kier alpha value is -1.62. The average Bonchev–Trinajstić information content (AvgIpc) is 3.08. The van der Waals surface area contributed by atoms with Crippen LogP contribution < -0.4 is 11.1 Å². The normalized spacial score (nSPS) is 24.1. The van der Waals surface area contributed by atoms with Crippen LogP contribution in [0.1, 0.15) is 42.5 Å². The predicted octanol–water partition coefficient (Wildman–Crippen LogP) is 1.41. The number of hydrogen-bond acceptors (Lipinski definition) is 4. The molecule has 1 aliphatic heterocycles. The molecule has 3 N–H and O–H groups in total. The largest absolute Gasteiger partial charge is 0.397 e. The maximum absolute atomic E-state index is 12.2. The number of nitrogens with one attached hydrogen (secondary N) is 1. The molecule has 3 rings (SSSR count). The number of hydrogen-bond donors (Lipinski definition) is 2. The maximum atomic E-state index is 12.2. The first-order valence-corrected chi connectivity index (χ1v) is 7.48. The first-order valence-electron chi connectivity index (χ1n) is 7.48. The molecule has 2 fully saturated rings. The van der Waals surface area contributed by atoms with Crippen molar-refractivity contribution < 1.29 is 4.79 Å². The highest BCUT2D eigenvalue weighted by atomic mass is 16.1. The molecule has 1 aromatic rings. The Balaban J connectivity index is 1.55. The lowest BCUT2D eigenvalue weighted by Crippen LogP contribution is -2.39. The van der Waals surface area contributed by atoms with Gasteiger partial charge in [-0.2, -0.15) is 0 Å². The number of aromatic nitrogens is 1. The third-order valence-electron chi connectivity index (χ3n) is 4.42. The van der Waals surface area contributed by atoms with Crippen molar-refractivity contribution in [2.24, 2.45) is 0 Å². The number of carbonyl (C=O) groups excluding carboxylic acids is 1. The SMILES string of the molecule is Nc1cncc(C(=O)NC2CCN(C3CCCC3)C2)c1. The second-order valence-corrected chi connectivity index (χ2v) is 5.90. The van der Waals surface area contributed by atoms with Gasteiger partial charge in [0.25, 0.3) is 5.91 Å². The van der Waals surface area contributed by atoms with Gasteiger partial charge in [-0.25, -0.2) is 0 Å². The summed E-state index contributed by atoms with van der Waals surface area (Å²) in [7, 11) is 0. The Kier molecular flexibility index (Phi) is 3.87. The Bertz CT molecular complexity index is 485. The number of likely N-dealkylation sites (tertiary alicyclic amines) is 1. The summed E-state index contributed by atoms with van der Waals surface area (Å²) in [5, 5.41) is 3.10. The zero-order valence-electron chi connectivity index (χ0n) is 11.7. The van der Waals surface area contributed by atoms with Crippen LogP contribution in [0.15, 0.2) is 18.5 Å². The molecule has 5 nitrogen and oxygen atoms in total. The van der Waals surface area contributed by atoms with E-state index in [1.54, 1.807) is 18.5 Å². The van der Waals surface area contributed by atoms with E-state index in [4.69, 9.17) is 5.73 Å².